The maximum absolute atomic E-state index is 12.2. The fraction of sp³-hybridized carbons (Fsp3) is 0.0625. The molecule has 3 rings (SSSR count). The zero-order chi connectivity index (χ0) is 17.8. The lowest BCUT2D eigenvalue weighted by Crippen LogP contribution is -2.19. The van der Waals surface area contributed by atoms with Gasteiger partial charge in [0, 0.05) is 23.6 Å². The van der Waals surface area contributed by atoms with E-state index in [2.05, 4.69) is 20.4 Å². The molecule has 9 heteroatoms. The first-order chi connectivity index (χ1) is 12.0. The lowest BCUT2D eigenvalue weighted by Gasteiger charge is -2.05. The lowest BCUT2D eigenvalue weighted by atomic mass is 10.2. The maximum atomic E-state index is 12.2. The molecule has 126 valence electrons. The molecule has 0 saturated carbocycles. The Balaban J connectivity index is 1.75. The van der Waals surface area contributed by atoms with Gasteiger partial charge in [-0.3, -0.25) is 9.48 Å². The quantitative estimate of drug-likeness (QED) is 0.725. The van der Waals surface area contributed by atoms with Crippen LogP contribution < -0.4 is 5.32 Å². The number of carboxylic acids is 1. The molecule has 2 N–H and O–H groups in total. The van der Waals surface area contributed by atoms with Crippen molar-refractivity contribution in [2.75, 3.05) is 5.32 Å². The largest absolute Gasteiger partial charge is 0.476 e. The third-order valence-electron chi connectivity index (χ3n) is 3.30. The minimum absolute atomic E-state index is 0.270. The summed E-state index contributed by atoms with van der Waals surface area (Å²) in [7, 11) is 0. The number of carboxylic acid groups (broad SMARTS) is 1. The van der Waals surface area contributed by atoms with Crippen molar-refractivity contribution in [3.8, 4) is 0 Å². The molecule has 0 atom stereocenters. The fourth-order valence-corrected chi connectivity index (χ4v) is 2.36. The van der Waals surface area contributed by atoms with Gasteiger partial charge in [0.15, 0.2) is 11.4 Å². The number of aromatic nitrogens is 4. The molecule has 0 radical (unpaired) electrons. The van der Waals surface area contributed by atoms with E-state index < -0.39 is 17.6 Å². The zero-order valence-corrected chi connectivity index (χ0v) is 13.5. The van der Waals surface area contributed by atoms with Gasteiger partial charge in [0.2, 0.25) is 0 Å². The van der Waals surface area contributed by atoms with E-state index in [9.17, 15) is 9.59 Å². The third-order valence-corrected chi connectivity index (χ3v) is 3.67. The topological polar surface area (TPSA) is 110 Å². The molecule has 0 aliphatic rings. The number of anilines is 1. The predicted molar refractivity (Wildman–Crippen MR) is 89.7 cm³/mol. The van der Waals surface area contributed by atoms with Crippen molar-refractivity contribution < 1.29 is 14.7 Å². The molecule has 0 unspecified atom stereocenters. The first-order valence-corrected chi connectivity index (χ1v) is 7.54. The molecule has 1 aromatic carbocycles. The summed E-state index contributed by atoms with van der Waals surface area (Å²) in [4.78, 5) is 30.8. The second-order valence-electron chi connectivity index (χ2n) is 5.03. The standard InChI is InChI=1S/C16H12ClN5O3/c17-12-4-2-1-3-10(12)8-22-9-11(7-20-22)21-15(23)13-14(16(24)25)19-6-5-18-13/h1-7,9H,8H2,(H,21,23)(H,24,25). The van der Waals surface area contributed by atoms with Crippen LogP contribution in [-0.4, -0.2) is 36.7 Å². The van der Waals surface area contributed by atoms with Gasteiger partial charge >= 0.3 is 5.97 Å². The average molecular weight is 358 g/mol. The Bertz CT molecular complexity index is 941. The van der Waals surface area contributed by atoms with Crippen LogP contribution in [0.4, 0.5) is 5.69 Å². The molecule has 0 aliphatic heterocycles. The van der Waals surface area contributed by atoms with Gasteiger partial charge in [-0.25, -0.2) is 14.8 Å². The molecule has 25 heavy (non-hydrogen) atoms. The van der Waals surface area contributed by atoms with Gasteiger partial charge < -0.3 is 10.4 Å². The number of amides is 1. The van der Waals surface area contributed by atoms with Crippen LogP contribution in [0, 0.1) is 0 Å². The highest BCUT2D eigenvalue weighted by atomic mass is 35.5. The molecule has 0 bridgehead atoms. The second kappa shape index (κ2) is 7.10. The van der Waals surface area contributed by atoms with Gasteiger partial charge in [0.25, 0.3) is 5.91 Å². The first-order valence-electron chi connectivity index (χ1n) is 7.16. The number of hydrogen-bond acceptors (Lipinski definition) is 5. The summed E-state index contributed by atoms with van der Waals surface area (Å²) in [5.74, 6) is -2.00. The number of nitrogens with one attached hydrogen (secondary N) is 1. The van der Waals surface area contributed by atoms with E-state index in [1.54, 1.807) is 16.9 Å². The molecule has 2 aromatic heterocycles. The Morgan fingerprint density at radius 1 is 1.16 bits per heavy atom. The Morgan fingerprint density at radius 3 is 2.60 bits per heavy atom. The van der Waals surface area contributed by atoms with E-state index in [1.807, 2.05) is 18.2 Å². The van der Waals surface area contributed by atoms with Crippen molar-refractivity contribution in [1.82, 2.24) is 19.7 Å². The molecule has 0 fully saturated rings. The summed E-state index contributed by atoms with van der Waals surface area (Å²) in [6.45, 7) is 0.432. The summed E-state index contributed by atoms with van der Waals surface area (Å²) >= 11 is 6.11. The van der Waals surface area contributed by atoms with E-state index in [1.165, 1.54) is 18.6 Å². The van der Waals surface area contributed by atoms with Crippen molar-refractivity contribution in [2.45, 2.75) is 6.54 Å². The number of carbonyl (C=O) groups is 2. The van der Waals surface area contributed by atoms with Crippen LogP contribution in [-0.2, 0) is 6.54 Å². The smallest absolute Gasteiger partial charge is 0.356 e. The summed E-state index contributed by atoms with van der Waals surface area (Å²) in [6.07, 6.45) is 5.52. The minimum Gasteiger partial charge on any atom is -0.476 e. The maximum Gasteiger partial charge on any atom is 0.356 e. The fourth-order valence-electron chi connectivity index (χ4n) is 2.17. The highest BCUT2D eigenvalue weighted by Crippen LogP contribution is 2.17. The van der Waals surface area contributed by atoms with Crippen LogP contribution >= 0.6 is 11.6 Å². The highest BCUT2D eigenvalue weighted by molar-refractivity contribution is 6.31. The van der Waals surface area contributed by atoms with Gasteiger partial charge in [-0.05, 0) is 11.6 Å². The predicted octanol–water partition coefficient (Wildman–Crippen LogP) is 2.33. The average Bonchev–Trinajstić information content (AvgIpc) is 3.04. The number of hydrogen-bond donors (Lipinski definition) is 2. The number of carbonyl (C=O) groups excluding carboxylic acids is 1. The Hall–Kier alpha value is -3.26. The van der Waals surface area contributed by atoms with Crippen LogP contribution in [0.1, 0.15) is 26.5 Å². The normalized spacial score (nSPS) is 10.4. The number of aromatic carboxylic acids is 1. The number of nitrogens with zero attached hydrogens (tertiary/aromatic N) is 4. The highest BCUT2D eigenvalue weighted by Gasteiger charge is 2.19. The van der Waals surface area contributed by atoms with Crippen molar-refractivity contribution in [1.29, 1.82) is 0 Å². The van der Waals surface area contributed by atoms with E-state index in [-0.39, 0.29) is 5.69 Å². The molecular formula is C16H12ClN5O3. The van der Waals surface area contributed by atoms with Crippen molar-refractivity contribution in [3.63, 3.8) is 0 Å². The molecule has 1 amide bonds. The van der Waals surface area contributed by atoms with E-state index in [0.717, 1.165) is 5.56 Å². The van der Waals surface area contributed by atoms with E-state index >= 15 is 0 Å². The number of rotatable bonds is 5. The number of halogens is 1. The SMILES string of the molecule is O=C(O)c1nccnc1C(=O)Nc1cnn(Cc2ccccc2Cl)c1. The van der Waals surface area contributed by atoms with Crippen LogP contribution in [0.15, 0.2) is 49.1 Å². The van der Waals surface area contributed by atoms with Gasteiger partial charge in [-0.2, -0.15) is 5.10 Å². The molecule has 2 heterocycles. The molecule has 8 nitrogen and oxygen atoms in total. The Labute approximate surface area is 147 Å². The van der Waals surface area contributed by atoms with E-state index in [0.29, 0.717) is 17.3 Å². The molecule has 3 aromatic rings. The van der Waals surface area contributed by atoms with Gasteiger partial charge in [-0.15, -0.1) is 0 Å². The molecule has 0 saturated heterocycles. The molecular weight excluding hydrogens is 346 g/mol. The number of benzene rings is 1. The Kier molecular flexibility index (Phi) is 4.71. The zero-order valence-electron chi connectivity index (χ0n) is 12.8. The molecule has 0 spiro atoms. The van der Waals surface area contributed by atoms with Gasteiger partial charge in [0.05, 0.1) is 18.4 Å². The summed E-state index contributed by atoms with van der Waals surface area (Å²) in [6, 6.07) is 7.36. The summed E-state index contributed by atoms with van der Waals surface area (Å²) in [5.41, 5.74) is 0.601. The van der Waals surface area contributed by atoms with Crippen LogP contribution in [0.25, 0.3) is 0 Å². The van der Waals surface area contributed by atoms with Crippen LogP contribution in [0.3, 0.4) is 0 Å². The Morgan fingerprint density at radius 2 is 1.88 bits per heavy atom. The second-order valence-corrected chi connectivity index (χ2v) is 5.44. The van der Waals surface area contributed by atoms with Gasteiger partial charge in [0.1, 0.15) is 0 Å². The van der Waals surface area contributed by atoms with Crippen molar-refractivity contribution in [3.05, 3.63) is 71.0 Å². The van der Waals surface area contributed by atoms with Crippen molar-refractivity contribution >= 4 is 29.2 Å². The van der Waals surface area contributed by atoms with Crippen LogP contribution in [0.2, 0.25) is 5.02 Å². The van der Waals surface area contributed by atoms with Crippen LogP contribution in [0.5, 0.6) is 0 Å². The van der Waals surface area contributed by atoms with Crippen molar-refractivity contribution in [2.24, 2.45) is 0 Å². The van der Waals surface area contributed by atoms with E-state index in [4.69, 9.17) is 16.7 Å². The monoisotopic (exact) mass is 357 g/mol. The first kappa shape index (κ1) is 16.6. The molecule has 0 aliphatic carbocycles. The summed E-state index contributed by atoms with van der Waals surface area (Å²) in [5, 5.41) is 16.4. The third kappa shape index (κ3) is 3.81. The van der Waals surface area contributed by atoms with Gasteiger partial charge in [-0.1, -0.05) is 29.8 Å². The minimum atomic E-state index is -1.33. The lowest BCUT2D eigenvalue weighted by molar-refractivity contribution is 0.0685. The summed E-state index contributed by atoms with van der Waals surface area (Å²) < 4.78 is 1.60.